The van der Waals surface area contributed by atoms with Crippen LogP contribution in [0.3, 0.4) is 0 Å². The summed E-state index contributed by atoms with van der Waals surface area (Å²) in [5.41, 5.74) is 0. The molecule has 114 valence electrons. The van der Waals surface area contributed by atoms with Crippen molar-refractivity contribution >= 4 is 12.0 Å². The Morgan fingerprint density at radius 2 is 1.90 bits per heavy atom. The molecule has 5 atom stereocenters. The molecular formula is C14H24N2O4. The van der Waals surface area contributed by atoms with Gasteiger partial charge in [0.1, 0.15) is 6.04 Å². The zero-order chi connectivity index (χ0) is 14.9. The summed E-state index contributed by atoms with van der Waals surface area (Å²) in [6, 6.07) is -1.17. The van der Waals surface area contributed by atoms with Gasteiger partial charge in [0.25, 0.3) is 0 Å². The van der Waals surface area contributed by atoms with Crippen molar-refractivity contribution in [3.05, 3.63) is 0 Å². The van der Waals surface area contributed by atoms with Crippen LogP contribution in [0, 0.1) is 11.8 Å². The highest BCUT2D eigenvalue weighted by atomic mass is 16.4. The van der Waals surface area contributed by atoms with Crippen molar-refractivity contribution in [2.75, 3.05) is 6.54 Å². The van der Waals surface area contributed by atoms with E-state index in [0.717, 1.165) is 19.3 Å². The molecule has 1 saturated heterocycles. The third kappa shape index (κ3) is 3.23. The van der Waals surface area contributed by atoms with E-state index in [1.54, 1.807) is 0 Å². The van der Waals surface area contributed by atoms with Gasteiger partial charge in [-0.1, -0.05) is 13.8 Å². The molecule has 3 N–H and O–H groups in total. The summed E-state index contributed by atoms with van der Waals surface area (Å²) >= 11 is 0. The number of rotatable bonds is 2. The van der Waals surface area contributed by atoms with Crippen molar-refractivity contribution in [1.82, 2.24) is 10.2 Å². The largest absolute Gasteiger partial charge is 0.480 e. The summed E-state index contributed by atoms with van der Waals surface area (Å²) < 4.78 is 0. The van der Waals surface area contributed by atoms with Gasteiger partial charge in [-0.2, -0.15) is 0 Å². The van der Waals surface area contributed by atoms with Crippen molar-refractivity contribution in [1.29, 1.82) is 0 Å². The summed E-state index contributed by atoms with van der Waals surface area (Å²) in [6.45, 7) is 4.43. The molecule has 6 nitrogen and oxygen atoms in total. The van der Waals surface area contributed by atoms with E-state index < -0.39 is 18.1 Å². The molecule has 2 amide bonds. The Morgan fingerprint density at radius 1 is 1.20 bits per heavy atom. The number of β-amino-alcohol motifs (C(OH)–C–C–N with tert-alkyl or cyclic N) is 1. The number of hydrogen-bond acceptors (Lipinski definition) is 3. The van der Waals surface area contributed by atoms with Crippen LogP contribution in [0.4, 0.5) is 4.79 Å². The lowest BCUT2D eigenvalue weighted by molar-refractivity contribution is -0.141. The van der Waals surface area contributed by atoms with Crippen LogP contribution in [0.5, 0.6) is 0 Å². The molecule has 6 heteroatoms. The van der Waals surface area contributed by atoms with Crippen LogP contribution in [0.1, 0.15) is 39.5 Å². The van der Waals surface area contributed by atoms with Gasteiger partial charge in [0.15, 0.2) is 0 Å². The van der Waals surface area contributed by atoms with Crippen molar-refractivity contribution in [2.45, 2.75) is 57.7 Å². The maximum Gasteiger partial charge on any atom is 0.326 e. The Balaban J connectivity index is 1.95. The van der Waals surface area contributed by atoms with Crippen LogP contribution in [0.2, 0.25) is 0 Å². The lowest BCUT2D eigenvalue weighted by Crippen LogP contribution is -2.51. The average molecular weight is 284 g/mol. The van der Waals surface area contributed by atoms with E-state index in [9.17, 15) is 14.7 Å². The number of urea groups is 1. The van der Waals surface area contributed by atoms with Crippen LogP contribution >= 0.6 is 0 Å². The molecule has 1 heterocycles. The van der Waals surface area contributed by atoms with Crippen LogP contribution in [-0.4, -0.2) is 51.8 Å². The average Bonchev–Trinajstić information content (AvgIpc) is 2.75. The van der Waals surface area contributed by atoms with Gasteiger partial charge >= 0.3 is 12.0 Å². The second-order valence-corrected chi connectivity index (χ2v) is 6.35. The van der Waals surface area contributed by atoms with E-state index in [-0.39, 0.29) is 25.0 Å². The number of carboxylic acids is 1. The number of carboxylic acid groups (broad SMARTS) is 1. The van der Waals surface area contributed by atoms with Crippen LogP contribution < -0.4 is 5.32 Å². The smallest absolute Gasteiger partial charge is 0.326 e. The fraction of sp³-hybridized carbons (Fsp3) is 0.857. The fourth-order valence-electron chi connectivity index (χ4n) is 3.39. The fourth-order valence-corrected chi connectivity index (χ4v) is 3.39. The highest BCUT2D eigenvalue weighted by Crippen LogP contribution is 2.29. The molecule has 5 unspecified atom stereocenters. The first-order valence-electron chi connectivity index (χ1n) is 7.36. The maximum atomic E-state index is 12.2. The molecule has 1 saturated carbocycles. The Morgan fingerprint density at radius 3 is 2.50 bits per heavy atom. The van der Waals surface area contributed by atoms with Gasteiger partial charge in [0.2, 0.25) is 0 Å². The van der Waals surface area contributed by atoms with E-state index in [4.69, 9.17) is 5.11 Å². The van der Waals surface area contributed by atoms with Gasteiger partial charge < -0.3 is 20.4 Å². The Hall–Kier alpha value is -1.30. The highest BCUT2D eigenvalue weighted by molar-refractivity contribution is 5.83. The molecule has 1 aliphatic carbocycles. The maximum absolute atomic E-state index is 12.2. The Labute approximate surface area is 119 Å². The normalized spacial score (nSPS) is 37.8. The molecule has 0 spiro atoms. The van der Waals surface area contributed by atoms with Gasteiger partial charge in [-0.15, -0.1) is 0 Å². The Kier molecular flexibility index (Phi) is 4.52. The number of hydrogen-bond donors (Lipinski definition) is 3. The zero-order valence-electron chi connectivity index (χ0n) is 12.1. The van der Waals surface area contributed by atoms with Crippen molar-refractivity contribution < 1.29 is 19.8 Å². The van der Waals surface area contributed by atoms with E-state index in [0.29, 0.717) is 11.8 Å². The first kappa shape index (κ1) is 15.1. The molecule has 2 aliphatic rings. The SMILES string of the molecule is CC1CCC(NC(=O)N2CC(O)CC2C(=O)O)C(C)C1. The minimum absolute atomic E-state index is 0.0975. The van der Waals surface area contributed by atoms with Crippen molar-refractivity contribution in [2.24, 2.45) is 11.8 Å². The third-order valence-corrected chi connectivity index (χ3v) is 4.57. The number of nitrogens with zero attached hydrogens (tertiary/aromatic N) is 1. The first-order valence-corrected chi connectivity index (χ1v) is 7.36. The van der Waals surface area contributed by atoms with Gasteiger partial charge in [-0.25, -0.2) is 9.59 Å². The van der Waals surface area contributed by atoms with E-state index in [1.807, 2.05) is 0 Å². The third-order valence-electron chi connectivity index (χ3n) is 4.57. The van der Waals surface area contributed by atoms with Gasteiger partial charge in [0, 0.05) is 19.0 Å². The molecule has 20 heavy (non-hydrogen) atoms. The molecule has 0 aromatic carbocycles. The molecule has 0 radical (unpaired) electrons. The van der Waals surface area contributed by atoms with Crippen LogP contribution in [0.15, 0.2) is 0 Å². The van der Waals surface area contributed by atoms with Gasteiger partial charge in [-0.3, -0.25) is 0 Å². The number of aliphatic hydroxyl groups excluding tert-OH is 1. The number of nitrogens with one attached hydrogen (secondary N) is 1. The first-order chi connectivity index (χ1) is 9.38. The second-order valence-electron chi connectivity index (χ2n) is 6.35. The quantitative estimate of drug-likeness (QED) is 0.707. The summed E-state index contributed by atoms with van der Waals surface area (Å²) in [5.74, 6) is 0.0269. The number of carbonyl (C=O) groups excluding carboxylic acids is 1. The summed E-state index contributed by atoms with van der Waals surface area (Å²) in [7, 11) is 0. The topological polar surface area (TPSA) is 89.9 Å². The molecule has 2 fully saturated rings. The van der Waals surface area contributed by atoms with Gasteiger partial charge in [-0.05, 0) is 31.1 Å². The van der Waals surface area contributed by atoms with Crippen LogP contribution in [0.25, 0.3) is 0 Å². The van der Waals surface area contributed by atoms with Crippen molar-refractivity contribution in [3.63, 3.8) is 0 Å². The molecule has 1 aliphatic heterocycles. The van der Waals surface area contributed by atoms with E-state index in [1.165, 1.54) is 4.90 Å². The minimum Gasteiger partial charge on any atom is -0.480 e. The molecule has 0 bridgehead atoms. The monoisotopic (exact) mass is 284 g/mol. The number of carbonyl (C=O) groups is 2. The number of aliphatic carboxylic acids is 1. The second kappa shape index (κ2) is 5.99. The standard InChI is InChI=1S/C14H24N2O4/c1-8-3-4-11(9(2)5-8)15-14(20)16-7-10(17)6-12(16)13(18)19/h8-12,17H,3-7H2,1-2H3,(H,15,20)(H,18,19). The summed E-state index contributed by atoms with van der Waals surface area (Å²) in [5, 5.41) is 21.6. The molecule has 0 aromatic heterocycles. The number of aliphatic hydroxyl groups is 1. The zero-order valence-corrected chi connectivity index (χ0v) is 12.1. The van der Waals surface area contributed by atoms with Crippen LogP contribution in [-0.2, 0) is 4.79 Å². The molecule has 2 rings (SSSR count). The van der Waals surface area contributed by atoms with Crippen molar-refractivity contribution in [3.8, 4) is 0 Å². The highest BCUT2D eigenvalue weighted by Gasteiger charge is 2.40. The predicted octanol–water partition coefficient (Wildman–Crippen LogP) is 1.04. The molecular weight excluding hydrogens is 260 g/mol. The number of amides is 2. The number of likely N-dealkylation sites (tertiary alicyclic amines) is 1. The lowest BCUT2D eigenvalue weighted by atomic mass is 9.80. The summed E-state index contributed by atoms with van der Waals surface area (Å²) in [4.78, 5) is 24.6. The van der Waals surface area contributed by atoms with E-state index >= 15 is 0 Å². The Bertz CT molecular complexity index is 387. The van der Waals surface area contributed by atoms with E-state index in [2.05, 4.69) is 19.2 Å². The minimum atomic E-state index is -1.05. The summed E-state index contributed by atoms with van der Waals surface area (Å²) in [6.07, 6.45) is 2.46. The lowest BCUT2D eigenvalue weighted by Gasteiger charge is -2.34. The molecule has 0 aromatic rings. The predicted molar refractivity (Wildman–Crippen MR) is 73.3 cm³/mol. The van der Waals surface area contributed by atoms with Gasteiger partial charge in [0.05, 0.1) is 6.10 Å².